The minimum absolute atomic E-state index is 0.0420. The Kier molecular flexibility index (Phi) is 9.41. The highest BCUT2D eigenvalue weighted by Crippen LogP contribution is 2.35. The highest BCUT2D eigenvalue weighted by molar-refractivity contribution is 5.85. The van der Waals surface area contributed by atoms with Crippen molar-refractivity contribution in [1.82, 2.24) is 10.6 Å². The molecule has 0 aliphatic heterocycles. The number of carbonyl (C=O) groups excluding carboxylic acids is 2. The van der Waals surface area contributed by atoms with Crippen LogP contribution in [0.5, 0.6) is 11.5 Å². The topological polar surface area (TPSA) is 76.7 Å². The maximum absolute atomic E-state index is 12.5. The summed E-state index contributed by atoms with van der Waals surface area (Å²) >= 11 is 0. The summed E-state index contributed by atoms with van der Waals surface area (Å²) in [4.78, 5) is 25.1. The van der Waals surface area contributed by atoms with Crippen LogP contribution in [0.2, 0.25) is 0 Å². The summed E-state index contributed by atoms with van der Waals surface area (Å²) in [7, 11) is 0. The van der Waals surface area contributed by atoms with E-state index in [1.54, 1.807) is 0 Å². The van der Waals surface area contributed by atoms with Gasteiger partial charge >= 0.3 is 0 Å². The Bertz CT molecular complexity index is 1420. The first-order chi connectivity index (χ1) is 21.1. The van der Waals surface area contributed by atoms with Gasteiger partial charge in [0.25, 0.3) is 11.8 Å². The first kappa shape index (κ1) is 29.0. The van der Waals surface area contributed by atoms with Crippen LogP contribution in [0.3, 0.4) is 0 Å². The Hall–Kier alpha value is -4.06. The first-order valence-electron chi connectivity index (χ1n) is 15.9. The van der Waals surface area contributed by atoms with Gasteiger partial charge in [-0.1, -0.05) is 60.7 Å². The third-order valence-electron chi connectivity index (χ3n) is 9.27. The summed E-state index contributed by atoms with van der Waals surface area (Å²) in [6.45, 7) is 0.0984. The molecule has 0 atom stereocenters. The van der Waals surface area contributed by atoms with Crippen LogP contribution in [0.25, 0.3) is 21.5 Å². The molecule has 224 valence electrons. The fraction of sp³-hybridized carbons (Fsp3) is 0.405. The second-order valence-electron chi connectivity index (χ2n) is 12.4. The predicted molar refractivity (Wildman–Crippen MR) is 171 cm³/mol. The second kappa shape index (κ2) is 13.9. The largest absolute Gasteiger partial charge is 0.484 e. The predicted octanol–water partition coefficient (Wildman–Crippen LogP) is 7.19. The SMILES string of the molecule is O=C(COc1ccc2ccccc2c1)NC1CCC(CC2CCC(NC(=O)COc3ccc4ccccc4c3)CC2)CC1. The van der Waals surface area contributed by atoms with E-state index in [0.29, 0.717) is 0 Å². The van der Waals surface area contributed by atoms with Crippen molar-refractivity contribution >= 4 is 33.4 Å². The van der Waals surface area contributed by atoms with Crippen molar-refractivity contribution in [3.8, 4) is 11.5 Å². The Labute approximate surface area is 254 Å². The lowest BCUT2D eigenvalue weighted by Crippen LogP contribution is -2.41. The van der Waals surface area contributed by atoms with Crippen LogP contribution in [-0.4, -0.2) is 37.1 Å². The lowest BCUT2D eigenvalue weighted by atomic mass is 9.75. The van der Waals surface area contributed by atoms with Gasteiger partial charge in [0.05, 0.1) is 0 Å². The molecule has 0 heterocycles. The molecule has 0 radical (unpaired) electrons. The molecule has 2 amide bonds. The summed E-state index contributed by atoms with van der Waals surface area (Å²) in [5, 5.41) is 10.9. The highest BCUT2D eigenvalue weighted by Gasteiger charge is 2.28. The molecule has 0 spiro atoms. The molecule has 4 aromatic carbocycles. The summed E-state index contributed by atoms with van der Waals surface area (Å²) in [6, 6.07) is 28.6. The van der Waals surface area contributed by atoms with Crippen LogP contribution in [-0.2, 0) is 9.59 Å². The quantitative estimate of drug-likeness (QED) is 0.209. The average molecular weight is 579 g/mol. The third kappa shape index (κ3) is 8.07. The zero-order valence-electron chi connectivity index (χ0n) is 24.8. The van der Waals surface area contributed by atoms with E-state index in [0.717, 1.165) is 70.6 Å². The van der Waals surface area contributed by atoms with Crippen molar-refractivity contribution < 1.29 is 19.1 Å². The lowest BCUT2D eigenvalue weighted by molar-refractivity contribution is -0.124. The number of rotatable bonds is 10. The van der Waals surface area contributed by atoms with Crippen molar-refractivity contribution in [2.75, 3.05) is 13.2 Å². The molecule has 4 aromatic rings. The second-order valence-corrected chi connectivity index (χ2v) is 12.4. The molecule has 2 saturated carbocycles. The smallest absolute Gasteiger partial charge is 0.258 e. The number of carbonyl (C=O) groups is 2. The van der Waals surface area contributed by atoms with Gasteiger partial charge in [-0.15, -0.1) is 0 Å². The standard InChI is InChI=1S/C37H42N2O4/c40-36(24-42-34-19-13-28-5-1-3-7-30(28)22-34)38-32-15-9-26(10-16-32)21-27-11-17-33(18-12-27)39-37(41)25-43-35-20-14-29-6-2-4-8-31(29)23-35/h1-8,13-14,19-20,22-23,26-27,32-33H,9-12,15-18,21,24-25H2,(H,38,40)(H,39,41). The van der Waals surface area contributed by atoms with Crippen LogP contribution in [0.15, 0.2) is 84.9 Å². The molecule has 0 aromatic heterocycles. The van der Waals surface area contributed by atoms with E-state index in [1.807, 2.05) is 60.7 Å². The molecule has 2 aliphatic carbocycles. The monoisotopic (exact) mass is 578 g/mol. The summed E-state index contributed by atoms with van der Waals surface area (Å²) in [5.41, 5.74) is 0. The molecule has 6 rings (SSSR count). The van der Waals surface area contributed by atoms with Crippen LogP contribution < -0.4 is 20.1 Å². The molecule has 0 saturated heterocycles. The van der Waals surface area contributed by atoms with E-state index >= 15 is 0 Å². The van der Waals surface area contributed by atoms with Gasteiger partial charge < -0.3 is 20.1 Å². The minimum atomic E-state index is -0.0420. The van der Waals surface area contributed by atoms with Gasteiger partial charge in [0, 0.05) is 12.1 Å². The van der Waals surface area contributed by atoms with Crippen molar-refractivity contribution in [2.24, 2.45) is 11.8 Å². The molecule has 2 N–H and O–H groups in total. The fourth-order valence-electron chi connectivity index (χ4n) is 6.91. The minimum Gasteiger partial charge on any atom is -0.484 e. The van der Waals surface area contributed by atoms with Gasteiger partial charge in [0.2, 0.25) is 0 Å². The molecule has 6 nitrogen and oxygen atoms in total. The molecular formula is C37H42N2O4. The van der Waals surface area contributed by atoms with E-state index in [1.165, 1.54) is 32.1 Å². The fourth-order valence-corrected chi connectivity index (χ4v) is 6.91. The summed E-state index contributed by atoms with van der Waals surface area (Å²) in [6.07, 6.45) is 10.1. The van der Waals surface area contributed by atoms with Gasteiger partial charge in [-0.25, -0.2) is 0 Å². The number of amides is 2. The average Bonchev–Trinajstić information content (AvgIpc) is 3.04. The third-order valence-corrected chi connectivity index (χ3v) is 9.27. The van der Waals surface area contributed by atoms with Gasteiger partial charge in [0.1, 0.15) is 11.5 Å². The molecule has 2 aliphatic rings. The van der Waals surface area contributed by atoms with Crippen LogP contribution in [0, 0.1) is 11.8 Å². The summed E-state index contributed by atoms with van der Waals surface area (Å²) in [5.74, 6) is 2.82. The Morgan fingerprint density at radius 1 is 0.535 bits per heavy atom. The number of hydrogen-bond acceptors (Lipinski definition) is 4. The van der Waals surface area contributed by atoms with E-state index in [9.17, 15) is 9.59 Å². The number of hydrogen-bond donors (Lipinski definition) is 2. The number of benzene rings is 4. The summed E-state index contributed by atoms with van der Waals surface area (Å²) < 4.78 is 11.5. The van der Waals surface area contributed by atoms with Gasteiger partial charge in [-0.2, -0.15) is 0 Å². The van der Waals surface area contributed by atoms with Gasteiger partial charge in [0.15, 0.2) is 13.2 Å². The zero-order valence-corrected chi connectivity index (χ0v) is 24.8. The molecule has 6 heteroatoms. The Morgan fingerprint density at radius 3 is 1.35 bits per heavy atom. The van der Waals surface area contributed by atoms with Gasteiger partial charge in [-0.3, -0.25) is 9.59 Å². The molecule has 0 unspecified atom stereocenters. The van der Waals surface area contributed by atoms with Crippen LogP contribution >= 0.6 is 0 Å². The molecule has 43 heavy (non-hydrogen) atoms. The maximum Gasteiger partial charge on any atom is 0.258 e. The normalized spacial score (nSPS) is 22.1. The van der Waals surface area contributed by atoms with E-state index in [4.69, 9.17) is 9.47 Å². The van der Waals surface area contributed by atoms with E-state index in [-0.39, 0.29) is 37.1 Å². The van der Waals surface area contributed by atoms with Crippen molar-refractivity contribution in [3.05, 3.63) is 84.9 Å². The first-order valence-corrected chi connectivity index (χ1v) is 15.9. The Balaban J connectivity index is 0.845. The van der Waals surface area contributed by atoms with E-state index < -0.39 is 0 Å². The van der Waals surface area contributed by atoms with E-state index in [2.05, 4.69) is 34.9 Å². The highest BCUT2D eigenvalue weighted by atomic mass is 16.5. The van der Waals surface area contributed by atoms with Crippen LogP contribution in [0.4, 0.5) is 0 Å². The number of nitrogens with one attached hydrogen (secondary N) is 2. The van der Waals surface area contributed by atoms with Gasteiger partial charge in [-0.05, 0) is 115 Å². The Morgan fingerprint density at radius 2 is 0.930 bits per heavy atom. The maximum atomic E-state index is 12.5. The lowest BCUT2D eigenvalue weighted by Gasteiger charge is -2.34. The molecule has 2 fully saturated rings. The molecular weight excluding hydrogens is 536 g/mol. The molecule has 0 bridgehead atoms. The van der Waals surface area contributed by atoms with Crippen molar-refractivity contribution in [2.45, 2.75) is 69.9 Å². The van der Waals surface area contributed by atoms with Crippen molar-refractivity contribution in [1.29, 1.82) is 0 Å². The number of ether oxygens (including phenoxy) is 2. The zero-order chi connectivity index (χ0) is 29.4. The number of fused-ring (bicyclic) bond motifs is 2. The van der Waals surface area contributed by atoms with Crippen molar-refractivity contribution in [3.63, 3.8) is 0 Å². The van der Waals surface area contributed by atoms with Crippen LogP contribution in [0.1, 0.15) is 57.8 Å².